The van der Waals surface area contributed by atoms with Crippen LogP contribution in [0, 0.1) is 6.92 Å². The van der Waals surface area contributed by atoms with Crippen LogP contribution in [-0.2, 0) is 9.53 Å². The SMILES string of the molecule is COCC(C)NC(=O)C(=O)c1ccc(C)cc1. The van der Waals surface area contributed by atoms with Gasteiger partial charge in [0.05, 0.1) is 6.61 Å². The van der Waals surface area contributed by atoms with Gasteiger partial charge >= 0.3 is 0 Å². The third kappa shape index (κ3) is 4.00. The molecule has 1 rings (SSSR count). The number of hydrogen-bond acceptors (Lipinski definition) is 3. The van der Waals surface area contributed by atoms with E-state index in [1.807, 2.05) is 6.92 Å². The highest BCUT2D eigenvalue weighted by Gasteiger charge is 2.17. The predicted molar refractivity (Wildman–Crippen MR) is 65.0 cm³/mol. The number of methoxy groups -OCH3 is 1. The van der Waals surface area contributed by atoms with Crippen LogP contribution in [0.15, 0.2) is 24.3 Å². The zero-order valence-corrected chi connectivity index (χ0v) is 10.3. The molecule has 17 heavy (non-hydrogen) atoms. The van der Waals surface area contributed by atoms with E-state index in [-0.39, 0.29) is 6.04 Å². The van der Waals surface area contributed by atoms with Crippen molar-refractivity contribution in [2.45, 2.75) is 19.9 Å². The highest BCUT2D eigenvalue weighted by molar-refractivity contribution is 6.42. The van der Waals surface area contributed by atoms with Gasteiger partial charge in [-0.25, -0.2) is 0 Å². The zero-order chi connectivity index (χ0) is 12.8. The second-order valence-electron chi connectivity index (χ2n) is 4.03. The summed E-state index contributed by atoms with van der Waals surface area (Å²) >= 11 is 0. The van der Waals surface area contributed by atoms with Crippen molar-refractivity contribution in [2.24, 2.45) is 0 Å². The lowest BCUT2D eigenvalue weighted by molar-refractivity contribution is -0.117. The van der Waals surface area contributed by atoms with E-state index in [1.165, 1.54) is 0 Å². The summed E-state index contributed by atoms with van der Waals surface area (Å²) in [5.74, 6) is -1.12. The van der Waals surface area contributed by atoms with Crippen LogP contribution < -0.4 is 5.32 Å². The normalized spacial score (nSPS) is 11.9. The number of carbonyl (C=O) groups is 2. The Morgan fingerprint density at radius 3 is 2.41 bits per heavy atom. The maximum absolute atomic E-state index is 11.7. The summed E-state index contributed by atoms with van der Waals surface area (Å²) in [5, 5.41) is 2.58. The van der Waals surface area contributed by atoms with Gasteiger partial charge in [0.25, 0.3) is 5.91 Å². The Morgan fingerprint density at radius 2 is 1.88 bits per heavy atom. The van der Waals surface area contributed by atoms with Crippen LogP contribution in [0.1, 0.15) is 22.8 Å². The molecule has 0 fully saturated rings. The maximum Gasteiger partial charge on any atom is 0.292 e. The highest BCUT2D eigenvalue weighted by atomic mass is 16.5. The molecule has 0 saturated carbocycles. The van der Waals surface area contributed by atoms with Gasteiger partial charge in [-0.05, 0) is 13.8 Å². The standard InChI is InChI=1S/C13H17NO3/c1-9-4-6-11(7-5-9)12(15)13(16)14-10(2)8-17-3/h4-7,10H,8H2,1-3H3,(H,14,16). The lowest BCUT2D eigenvalue weighted by Crippen LogP contribution is -2.39. The second-order valence-corrected chi connectivity index (χ2v) is 4.03. The molecule has 4 nitrogen and oxygen atoms in total. The van der Waals surface area contributed by atoms with Gasteiger partial charge in [0.1, 0.15) is 0 Å². The average Bonchev–Trinajstić information content (AvgIpc) is 2.29. The van der Waals surface area contributed by atoms with Crippen LogP contribution >= 0.6 is 0 Å². The van der Waals surface area contributed by atoms with E-state index in [0.717, 1.165) is 5.56 Å². The molecule has 4 heteroatoms. The monoisotopic (exact) mass is 235 g/mol. The topological polar surface area (TPSA) is 55.4 Å². The minimum absolute atomic E-state index is 0.179. The van der Waals surface area contributed by atoms with Crippen LogP contribution in [0.5, 0.6) is 0 Å². The molecular formula is C13H17NO3. The number of carbonyl (C=O) groups excluding carboxylic acids is 2. The minimum Gasteiger partial charge on any atom is -0.383 e. The third-order valence-corrected chi connectivity index (χ3v) is 2.31. The Morgan fingerprint density at radius 1 is 1.29 bits per heavy atom. The van der Waals surface area contributed by atoms with Crippen molar-refractivity contribution < 1.29 is 14.3 Å². The van der Waals surface area contributed by atoms with Crippen LogP contribution in [0.2, 0.25) is 0 Å². The predicted octanol–water partition coefficient (Wildman–Crippen LogP) is 1.33. The number of aryl methyl sites for hydroxylation is 1. The average molecular weight is 235 g/mol. The molecule has 0 aliphatic heterocycles. The molecule has 1 unspecified atom stereocenters. The molecule has 92 valence electrons. The second kappa shape index (κ2) is 6.15. The first-order valence-electron chi connectivity index (χ1n) is 5.45. The fourth-order valence-electron chi connectivity index (χ4n) is 1.42. The van der Waals surface area contributed by atoms with Crippen molar-refractivity contribution in [3.63, 3.8) is 0 Å². The zero-order valence-electron chi connectivity index (χ0n) is 10.3. The number of Topliss-reactive ketones (excluding diaryl/α,β-unsaturated/α-hetero) is 1. The van der Waals surface area contributed by atoms with Crippen molar-refractivity contribution in [3.8, 4) is 0 Å². The summed E-state index contributed by atoms with van der Waals surface area (Å²) in [4.78, 5) is 23.3. The summed E-state index contributed by atoms with van der Waals surface area (Å²) in [7, 11) is 1.55. The largest absolute Gasteiger partial charge is 0.383 e. The fourth-order valence-corrected chi connectivity index (χ4v) is 1.42. The molecule has 0 radical (unpaired) electrons. The molecule has 0 bridgehead atoms. The first-order valence-corrected chi connectivity index (χ1v) is 5.45. The molecule has 0 spiro atoms. The number of amides is 1. The van der Waals surface area contributed by atoms with Crippen molar-refractivity contribution >= 4 is 11.7 Å². The van der Waals surface area contributed by atoms with Gasteiger partial charge in [0.2, 0.25) is 5.78 Å². The summed E-state index contributed by atoms with van der Waals surface area (Å²) < 4.78 is 4.88. The number of nitrogens with one attached hydrogen (secondary N) is 1. The van der Waals surface area contributed by atoms with Crippen LogP contribution in [-0.4, -0.2) is 31.4 Å². The number of ketones is 1. The van der Waals surface area contributed by atoms with E-state index >= 15 is 0 Å². The van der Waals surface area contributed by atoms with Gasteiger partial charge in [-0.3, -0.25) is 9.59 Å². The Balaban J connectivity index is 2.64. The van der Waals surface area contributed by atoms with Gasteiger partial charge in [-0.2, -0.15) is 0 Å². The van der Waals surface area contributed by atoms with E-state index in [1.54, 1.807) is 38.3 Å². The molecule has 0 aliphatic rings. The molecule has 0 heterocycles. The third-order valence-electron chi connectivity index (χ3n) is 2.31. The summed E-state index contributed by atoms with van der Waals surface area (Å²) in [5.41, 5.74) is 1.45. The van der Waals surface area contributed by atoms with Gasteiger partial charge in [0, 0.05) is 18.7 Å². The van der Waals surface area contributed by atoms with Crippen LogP contribution in [0.4, 0.5) is 0 Å². The van der Waals surface area contributed by atoms with Gasteiger partial charge in [-0.15, -0.1) is 0 Å². The van der Waals surface area contributed by atoms with Crippen molar-refractivity contribution in [3.05, 3.63) is 35.4 Å². The number of rotatable bonds is 5. The summed E-state index contributed by atoms with van der Waals surface area (Å²) in [6.07, 6.45) is 0. The summed E-state index contributed by atoms with van der Waals surface area (Å²) in [6.45, 7) is 4.09. The molecule has 0 saturated heterocycles. The number of ether oxygens (including phenoxy) is 1. The van der Waals surface area contributed by atoms with Crippen LogP contribution in [0.25, 0.3) is 0 Å². The van der Waals surface area contributed by atoms with Crippen molar-refractivity contribution in [1.82, 2.24) is 5.32 Å². The van der Waals surface area contributed by atoms with Crippen molar-refractivity contribution in [2.75, 3.05) is 13.7 Å². The molecule has 1 atom stereocenters. The Labute approximate surface area is 101 Å². The number of benzene rings is 1. The molecule has 1 aromatic carbocycles. The van der Waals surface area contributed by atoms with E-state index < -0.39 is 11.7 Å². The molecular weight excluding hydrogens is 218 g/mol. The highest BCUT2D eigenvalue weighted by Crippen LogP contribution is 2.04. The minimum atomic E-state index is -0.599. The quantitative estimate of drug-likeness (QED) is 0.618. The van der Waals surface area contributed by atoms with E-state index in [9.17, 15) is 9.59 Å². The van der Waals surface area contributed by atoms with Crippen molar-refractivity contribution in [1.29, 1.82) is 0 Å². The van der Waals surface area contributed by atoms with Crippen LogP contribution in [0.3, 0.4) is 0 Å². The van der Waals surface area contributed by atoms with Gasteiger partial charge < -0.3 is 10.1 Å². The fraction of sp³-hybridized carbons (Fsp3) is 0.385. The molecule has 0 aromatic heterocycles. The van der Waals surface area contributed by atoms with E-state index in [2.05, 4.69) is 5.32 Å². The summed E-state index contributed by atoms with van der Waals surface area (Å²) in [6, 6.07) is 6.73. The first-order chi connectivity index (χ1) is 8.04. The first kappa shape index (κ1) is 13.4. The Bertz CT molecular complexity index is 398. The number of hydrogen-bond donors (Lipinski definition) is 1. The lowest BCUT2D eigenvalue weighted by atomic mass is 10.1. The maximum atomic E-state index is 11.7. The molecule has 1 N–H and O–H groups in total. The van der Waals surface area contributed by atoms with E-state index in [4.69, 9.17) is 4.74 Å². The Hall–Kier alpha value is -1.68. The Kier molecular flexibility index (Phi) is 4.84. The molecule has 0 aliphatic carbocycles. The van der Waals surface area contributed by atoms with Gasteiger partial charge in [-0.1, -0.05) is 29.8 Å². The molecule has 1 amide bonds. The molecule has 1 aromatic rings. The smallest absolute Gasteiger partial charge is 0.292 e. The lowest BCUT2D eigenvalue weighted by Gasteiger charge is -2.11. The van der Waals surface area contributed by atoms with E-state index in [0.29, 0.717) is 12.2 Å². The van der Waals surface area contributed by atoms with Gasteiger partial charge in [0.15, 0.2) is 0 Å².